The van der Waals surface area contributed by atoms with E-state index in [9.17, 15) is 9.50 Å². The van der Waals surface area contributed by atoms with Gasteiger partial charge in [-0.3, -0.25) is 4.90 Å². The Kier molecular flexibility index (Phi) is 4.94. The molecular formula is C16H24FNO. The van der Waals surface area contributed by atoms with Crippen molar-refractivity contribution in [2.75, 3.05) is 19.7 Å². The van der Waals surface area contributed by atoms with E-state index in [4.69, 9.17) is 0 Å². The molecule has 106 valence electrons. The number of halogens is 1. The lowest BCUT2D eigenvalue weighted by atomic mass is 9.97. The second kappa shape index (κ2) is 6.49. The van der Waals surface area contributed by atoms with E-state index in [2.05, 4.69) is 24.8 Å². The number of benzene rings is 1. The maximum atomic E-state index is 13.6. The van der Waals surface area contributed by atoms with Gasteiger partial charge in [0, 0.05) is 19.7 Å². The molecule has 2 rings (SSSR count). The van der Waals surface area contributed by atoms with Crippen molar-refractivity contribution in [3.05, 3.63) is 35.1 Å². The van der Waals surface area contributed by atoms with Gasteiger partial charge in [-0.25, -0.2) is 4.39 Å². The lowest BCUT2D eigenvalue weighted by molar-refractivity contribution is 0.116. The van der Waals surface area contributed by atoms with E-state index in [1.54, 1.807) is 12.1 Å². The molecule has 1 aromatic rings. The fraction of sp³-hybridized carbons (Fsp3) is 0.625. The summed E-state index contributed by atoms with van der Waals surface area (Å²) in [5.41, 5.74) is 2.10. The van der Waals surface area contributed by atoms with Gasteiger partial charge in [-0.2, -0.15) is 0 Å². The summed E-state index contributed by atoms with van der Waals surface area (Å²) in [5.74, 6) is 0.588. The third-order valence-corrected chi connectivity index (χ3v) is 3.91. The minimum atomic E-state index is -0.142. The number of hydrogen-bond acceptors (Lipinski definition) is 2. The third-order valence-electron chi connectivity index (χ3n) is 3.91. The molecule has 1 atom stereocenters. The zero-order chi connectivity index (χ0) is 13.8. The van der Waals surface area contributed by atoms with Crippen molar-refractivity contribution in [1.82, 2.24) is 4.90 Å². The zero-order valence-electron chi connectivity index (χ0n) is 11.9. The van der Waals surface area contributed by atoms with E-state index in [-0.39, 0.29) is 12.4 Å². The van der Waals surface area contributed by atoms with E-state index in [1.807, 2.05) is 0 Å². The minimum Gasteiger partial charge on any atom is -0.396 e. The molecule has 0 saturated carbocycles. The van der Waals surface area contributed by atoms with Gasteiger partial charge in [-0.15, -0.1) is 0 Å². The minimum absolute atomic E-state index is 0.142. The largest absolute Gasteiger partial charge is 0.396 e. The monoisotopic (exact) mass is 265 g/mol. The van der Waals surface area contributed by atoms with Crippen LogP contribution in [0.25, 0.3) is 0 Å². The second-order valence-electron chi connectivity index (χ2n) is 5.97. The Bertz CT molecular complexity index is 419. The Morgan fingerprint density at radius 3 is 2.84 bits per heavy atom. The molecule has 0 amide bonds. The Morgan fingerprint density at radius 1 is 1.37 bits per heavy atom. The quantitative estimate of drug-likeness (QED) is 0.904. The van der Waals surface area contributed by atoms with Gasteiger partial charge >= 0.3 is 0 Å². The highest BCUT2D eigenvalue weighted by Crippen LogP contribution is 2.21. The number of aliphatic hydroxyl groups is 1. The number of piperidine rings is 1. The van der Waals surface area contributed by atoms with E-state index < -0.39 is 0 Å². The highest BCUT2D eigenvalue weighted by Gasteiger charge is 2.19. The van der Waals surface area contributed by atoms with Crippen molar-refractivity contribution >= 4 is 0 Å². The standard InChI is InChI=1S/C16H24FNO/c1-12(2)15-6-14(7-16(17)8-15)10-18-5-3-4-13(9-18)11-19/h6-8,12-13,19H,3-5,9-11H2,1-2H3. The summed E-state index contributed by atoms with van der Waals surface area (Å²) < 4.78 is 13.6. The Labute approximate surface area is 115 Å². The van der Waals surface area contributed by atoms with E-state index in [0.29, 0.717) is 11.8 Å². The Balaban J connectivity index is 2.06. The molecule has 0 aromatic heterocycles. The molecule has 2 nitrogen and oxygen atoms in total. The van der Waals surface area contributed by atoms with Crippen LogP contribution in [0.1, 0.15) is 43.7 Å². The van der Waals surface area contributed by atoms with Crippen molar-refractivity contribution in [1.29, 1.82) is 0 Å². The van der Waals surface area contributed by atoms with Crippen LogP contribution in [0, 0.1) is 11.7 Å². The van der Waals surface area contributed by atoms with E-state index in [1.165, 1.54) is 0 Å². The lowest BCUT2D eigenvalue weighted by Gasteiger charge is -2.31. The van der Waals surface area contributed by atoms with Gasteiger partial charge in [0.05, 0.1) is 0 Å². The van der Waals surface area contributed by atoms with Crippen molar-refractivity contribution in [2.24, 2.45) is 5.92 Å². The van der Waals surface area contributed by atoms with Crippen molar-refractivity contribution in [2.45, 2.75) is 39.2 Å². The molecule has 1 aliphatic rings. The number of hydrogen-bond donors (Lipinski definition) is 1. The van der Waals surface area contributed by atoms with Crippen LogP contribution < -0.4 is 0 Å². The first-order valence-corrected chi connectivity index (χ1v) is 7.21. The SMILES string of the molecule is CC(C)c1cc(F)cc(CN2CCCC(CO)C2)c1. The van der Waals surface area contributed by atoms with Gasteiger partial charge in [-0.05, 0) is 54.5 Å². The maximum absolute atomic E-state index is 13.6. The smallest absolute Gasteiger partial charge is 0.123 e. The van der Waals surface area contributed by atoms with Crippen molar-refractivity contribution < 1.29 is 9.50 Å². The van der Waals surface area contributed by atoms with Gasteiger partial charge in [-0.1, -0.05) is 19.9 Å². The first kappa shape index (κ1) is 14.5. The number of rotatable bonds is 4. The van der Waals surface area contributed by atoms with Crippen molar-refractivity contribution in [3.63, 3.8) is 0 Å². The molecule has 0 bridgehead atoms. The molecule has 1 aromatic carbocycles. The summed E-state index contributed by atoms with van der Waals surface area (Å²) in [6.45, 7) is 7.18. The number of nitrogens with zero attached hydrogens (tertiary/aromatic N) is 1. The second-order valence-corrected chi connectivity index (χ2v) is 5.97. The van der Waals surface area contributed by atoms with Crippen LogP contribution in [0.2, 0.25) is 0 Å². The normalized spacial score (nSPS) is 21.0. The fourth-order valence-electron chi connectivity index (χ4n) is 2.80. The highest BCUT2D eigenvalue weighted by atomic mass is 19.1. The molecule has 1 unspecified atom stereocenters. The first-order valence-electron chi connectivity index (χ1n) is 7.21. The van der Waals surface area contributed by atoms with Crippen LogP contribution in [0.4, 0.5) is 4.39 Å². The van der Waals surface area contributed by atoms with Gasteiger partial charge in [0.1, 0.15) is 5.82 Å². The van der Waals surface area contributed by atoms with E-state index >= 15 is 0 Å². The Morgan fingerprint density at radius 2 is 2.16 bits per heavy atom. The maximum Gasteiger partial charge on any atom is 0.123 e. The summed E-state index contributed by atoms with van der Waals surface area (Å²) in [4.78, 5) is 2.32. The molecule has 1 N–H and O–H groups in total. The summed E-state index contributed by atoms with van der Waals surface area (Å²) in [7, 11) is 0. The molecule has 1 heterocycles. The Hall–Kier alpha value is -0.930. The summed E-state index contributed by atoms with van der Waals surface area (Å²) in [6, 6.07) is 5.37. The third kappa shape index (κ3) is 4.02. The molecule has 0 aliphatic carbocycles. The average Bonchev–Trinajstić information content (AvgIpc) is 2.38. The topological polar surface area (TPSA) is 23.5 Å². The molecule has 1 fully saturated rings. The molecule has 0 spiro atoms. The summed E-state index contributed by atoms with van der Waals surface area (Å²) in [6.07, 6.45) is 2.23. The molecule has 3 heteroatoms. The molecule has 1 aliphatic heterocycles. The zero-order valence-corrected chi connectivity index (χ0v) is 11.9. The van der Waals surface area contributed by atoms with Crippen LogP contribution in [0.3, 0.4) is 0 Å². The van der Waals surface area contributed by atoms with Crippen LogP contribution in [0.15, 0.2) is 18.2 Å². The molecule has 19 heavy (non-hydrogen) atoms. The van der Waals surface area contributed by atoms with Crippen LogP contribution >= 0.6 is 0 Å². The van der Waals surface area contributed by atoms with Gasteiger partial charge in [0.15, 0.2) is 0 Å². The average molecular weight is 265 g/mol. The molecule has 0 radical (unpaired) electrons. The summed E-state index contributed by atoms with van der Waals surface area (Å²) in [5, 5.41) is 9.25. The predicted octanol–water partition coefficient (Wildman–Crippen LogP) is 3.15. The van der Waals surface area contributed by atoms with E-state index in [0.717, 1.165) is 43.6 Å². The van der Waals surface area contributed by atoms with Crippen LogP contribution in [-0.4, -0.2) is 29.7 Å². The first-order chi connectivity index (χ1) is 9.08. The lowest BCUT2D eigenvalue weighted by Crippen LogP contribution is -2.36. The van der Waals surface area contributed by atoms with Crippen LogP contribution in [0.5, 0.6) is 0 Å². The van der Waals surface area contributed by atoms with Crippen LogP contribution in [-0.2, 0) is 6.54 Å². The molecular weight excluding hydrogens is 241 g/mol. The van der Waals surface area contributed by atoms with Gasteiger partial charge in [0.25, 0.3) is 0 Å². The summed E-state index contributed by atoms with van der Waals surface area (Å²) >= 11 is 0. The number of aliphatic hydroxyl groups excluding tert-OH is 1. The number of likely N-dealkylation sites (tertiary alicyclic amines) is 1. The molecule has 1 saturated heterocycles. The highest BCUT2D eigenvalue weighted by molar-refractivity contribution is 5.26. The fourth-order valence-corrected chi connectivity index (χ4v) is 2.80. The van der Waals surface area contributed by atoms with Gasteiger partial charge in [0.2, 0.25) is 0 Å². The predicted molar refractivity (Wildman–Crippen MR) is 75.6 cm³/mol. The van der Waals surface area contributed by atoms with Crippen molar-refractivity contribution in [3.8, 4) is 0 Å². The van der Waals surface area contributed by atoms with Gasteiger partial charge < -0.3 is 5.11 Å².